The molecule has 1 aromatic rings. The maximum atomic E-state index is 12.2. The van der Waals surface area contributed by atoms with Gasteiger partial charge in [-0.25, -0.2) is 4.79 Å². The summed E-state index contributed by atoms with van der Waals surface area (Å²) in [7, 11) is 0. The van der Waals surface area contributed by atoms with Crippen LogP contribution in [0.25, 0.3) is 0 Å². The number of β-amino-alcohol motifs (C(OH)–C–C–N with tert-alkyl or cyclic N) is 1. The van der Waals surface area contributed by atoms with Gasteiger partial charge in [0.1, 0.15) is 5.60 Å². The van der Waals surface area contributed by atoms with Crippen molar-refractivity contribution in [3.8, 4) is 0 Å². The van der Waals surface area contributed by atoms with E-state index in [9.17, 15) is 14.7 Å². The van der Waals surface area contributed by atoms with Crippen molar-refractivity contribution in [3.63, 3.8) is 0 Å². The van der Waals surface area contributed by atoms with Crippen molar-refractivity contribution in [2.24, 2.45) is 5.92 Å². The van der Waals surface area contributed by atoms with Gasteiger partial charge < -0.3 is 15.1 Å². The summed E-state index contributed by atoms with van der Waals surface area (Å²) in [6.07, 6.45) is 0. The largest absolute Gasteiger partial charge is 0.478 e. The van der Waals surface area contributed by atoms with E-state index in [2.05, 4.69) is 0 Å². The second kappa shape index (κ2) is 4.66. The molecule has 2 rings (SSSR count). The molecular formula is C14H17NO4. The van der Waals surface area contributed by atoms with Crippen LogP contribution >= 0.6 is 0 Å². The maximum absolute atomic E-state index is 12.2. The third kappa shape index (κ3) is 2.33. The van der Waals surface area contributed by atoms with Crippen LogP contribution in [0.2, 0.25) is 0 Å². The lowest BCUT2D eigenvalue weighted by Gasteiger charge is -2.49. The molecule has 102 valence electrons. The Labute approximate surface area is 111 Å². The highest BCUT2D eigenvalue weighted by atomic mass is 16.4. The van der Waals surface area contributed by atoms with Crippen LogP contribution in [0, 0.1) is 5.92 Å². The van der Waals surface area contributed by atoms with Gasteiger partial charge >= 0.3 is 5.97 Å². The quantitative estimate of drug-likeness (QED) is 0.859. The molecule has 0 aromatic heterocycles. The zero-order valence-corrected chi connectivity index (χ0v) is 11.0. The number of carboxylic acids is 1. The molecule has 0 bridgehead atoms. The average Bonchev–Trinajstić information content (AvgIpc) is 2.33. The Kier molecular flexibility index (Phi) is 3.32. The van der Waals surface area contributed by atoms with Gasteiger partial charge in [-0.1, -0.05) is 26.0 Å². The minimum atomic E-state index is -1.12. The van der Waals surface area contributed by atoms with Crippen molar-refractivity contribution in [2.45, 2.75) is 19.4 Å². The van der Waals surface area contributed by atoms with Gasteiger partial charge in [-0.05, 0) is 18.1 Å². The number of hydrogen-bond donors (Lipinski definition) is 2. The summed E-state index contributed by atoms with van der Waals surface area (Å²) in [6.45, 7) is 4.29. The molecule has 0 atom stereocenters. The summed E-state index contributed by atoms with van der Waals surface area (Å²) in [4.78, 5) is 24.8. The second-order valence-electron chi connectivity index (χ2n) is 5.27. The molecule has 0 saturated carbocycles. The summed E-state index contributed by atoms with van der Waals surface area (Å²) in [5, 5.41) is 19.2. The Bertz CT molecular complexity index is 518. The van der Waals surface area contributed by atoms with Gasteiger partial charge in [-0.2, -0.15) is 0 Å². The lowest BCUT2D eigenvalue weighted by molar-refractivity contribution is -0.110. The first-order valence-corrected chi connectivity index (χ1v) is 6.19. The van der Waals surface area contributed by atoms with Gasteiger partial charge in [0, 0.05) is 0 Å². The molecule has 0 radical (unpaired) electrons. The van der Waals surface area contributed by atoms with Gasteiger partial charge in [-0.15, -0.1) is 0 Å². The summed E-state index contributed by atoms with van der Waals surface area (Å²) >= 11 is 0. The third-order valence-electron chi connectivity index (χ3n) is 3.68. The summed E-state index contributed by atoms with van der Waals surface area (Å²) in [6, 6.07) is 6.12. The second-order valence-corrected chi connectivity index (χ2v) is 5.27. The first kappa shape index (κ1) is 13.5. The molecule has 1 aliphatic heterocycles. The van der Waals surface area contributed by atoms with Crippen molar-refractivity contribution < 1.29 is 19.8 Å². The van der Waals surface area contributed by atoms with Crippen molar-refractivity contribution in [1.29, 1.82) is 0 Å². The van der Waals surface area contributed by atoms with E-state index in [1.54, 1.807) is 12.1 Å². The zero-order valence-electron chi connectivity index (χ0n) is 11.0. The number of aromatic carboxylic acids is 1. The van der Waals surface area contributed by atoms with Crippen LogP contribution in [-0.4, -0.2) is 45.7 Å². The summed E-state index contributed by atoms with van der Waals surface area (Å²) in [5.74, 6) is -1.40. The lowest BCUT2D eigenvalue weighted by atomic mass is 9.82. The van der Waals surface area contributed by atoms with E-state index in [0.717, 1.165) is 0 Å². The van der Waals surface area contributed by atoms with Gasteiger partial charge in [0.15, 0.2) is 0 Å². The number of carboxylic acid groups (broad SMARTS) is 1. The number of amides is 1. The first-order chi connectivity index (χ1) is 8.85. The van der Waals surface area contributed by atoms with Crippen LogP contribution in [0.15, 0.2) is 24.3 Å². The Morgan fingerprint density at radius 3 is 2.21 bits per heavy atom. The van der Waals surface area contributed by atoms with Crippen LogP contribution < -0.4 is 0 Å². The zero-order chi connectivity index (χ0) is 14.2. The molecule has 0 aliphatic carbocycles. The number of nitrogens with zero attached hydrogens (tertiary/aromatic N) is 1. The Balaban J connectivity index is 2.17. The highest BCUT2D eigenvalue weighted by Gasteiger charge is 2.46. The fourth-order valence-corrected chi connectivity index (χ4v) is 2.15. The van der Waals surface area contributed by atoms with E-state index >= 15 is 0 Å². The number of carbonyl (C=O) groups is 2. The van der Waals surface area contributed by atoms with Crippen molar-refractivity contribution in [3.05, 3.63) is 35.4 Å². The van der Waals surface area contributed by atoms with Gasteiger partial charge in [0.25, 0.3) is 5.91 Å². The molecule has 1 heterocycles. The van der Waals surface area contributed by atoms with Gasteiger partial charge in [0.05, 0.1) is 24.2 Å². The molecule has 0 unspecified atom stereocenters. The van der Waals surface area contributed by atoms with Crippen molar-refractivity contribution >= 4 is 11.9 Å². The molecular weight excluding hydrogens is 246 g/mol. The molecule has 5 heteroatoms. The first-order valence-electron chi connectivity index (χ1n) is 6.19. The summed E-state index contributed by atoms with van der Waals surface area (Å²) in [5.41, 5.74) is -0.693. The number of likely N-dealkylation sites (tertiary alicyclic amines) is 1. The molecule has 2 N–H and O–H groups in total. The predicted molar refractivity (Wildman–Crippen MR) is 69.1 cm³/mol. The summed E-state index contributed by atoms with van der Waals surface area (Å²) < 4.78 is 0. The molecule has 0 spiro atoms. The minimum Gasteiger partial charge on any atom is -0.478 e. The van der Waals surface area contributed by atoms with E-state index in [1.165, 1.54) is 17.0 Å². The normalized spacial score (nSPS) is 17.2. The highest BCUT2D eigenvalue weighted by molar-refractivity contribution is 6.05. The Morgan fingerprint density at radius 2 is 1.74 bits per heavy atom. The van der Waals surface area contributed by atoms with Crippen LogP contribution in [0.4, 0.5) is 0 Å². The Hall–Kier alpha value is -1.88. The monoisotopic (exact) mass is 263 g/mol. The Morgan fingerprint density at radius 1 is 1.21 bits per heavy atom. The minimum absolute atomic E-state index is 0.00696. The standard InChI is InChI=1S/C14H17NO4/c1-9(2)14(19)7-15(8-14)12(16)10-5-3-4-6-11(10)13(17)18/h3-6,9,19H,7-8H2,1-2H3,(H,17,18). The predicted octanol–water partition coefficient (Wildman–Crippen LogP) is 1.23. The number of benzene rings is 1. The molecule has 1 aromatic carbocycles. The SMILES string of the molecule is CC(C)C1(O)CN(C(=O)c2ccccc2C(=O)O)C1. The average molecular weight is 263 g/mol. The molecule has 1 fully saturated rings. The van der Waals surface area contributed by atoms with E-state index in [-0.39, 0.29) is 36.0 Å². The molecule has 1 aliphatic rings. The number of carbonyl (C=O) groups excluding carboxylic acids is 1. The van der Waals surface area contributed by atoms with Crippen LogP contribution in [-0.2, 0) is 0 Å². The van der Waals surface area contributed by atoms with E-state index in [1.807, 2.05) is 13.8 Å². The van der Waals surface area contributed by atoms with E-state index in [4.69, 9.17) is 5.11 Å². The topological polar surface area (TPSA) is 77.8 Å². The number of aliphatic hydroxyl groups is 1. The fourth-order valence-electron chi connectivity index (χ4n) is 2.15. The van der Waals surface area contributed by atoms with Crippen LogP contribution in [0.5, 0.6) is 0 Å². The molecule has 5 nitrogen and oxygen atoms in total. The van der Waals surface area contributed by atoms with Crippen LogP contribution in [0.3, 0.4) is 0 Å². The lowest BCUT2D eigenvalue weighted by Crippen LogP contribution is -2.66. The van der Waals surface area contributed by atoms with Crippen LogP contribution in [0.1, 0.15) is 34.6 Å². The fraction of sp³-hybridized carbons (Fsp3) is 0.429. The molecule has 1 amide bonds. The van der Waals surface area contributed by atoms with Crippen molar-refractivity contribution in [1.82, 2.24) is 4.90 Å². The third-order valence-corrected chi connectivity index (χ3v) is 3.68. The van der Waals surface area contributed by atoms with Gasteiger partial charge in [-0.3, -0.25) is 4.79 Å². The van der Waals surface area contributed by atoms with Crippen molar-refractivity contribution in [2.75, 3.05) is 13.1 Å². The highest BCUT2D eigenvalue weighted by Crippen LogP contribution is 2.30. The number of rotatable bonds is 3. The van der Waals surface area contributed by atoms with E-state index < -0.39 is 11.6 Å². The molecule has 1 saturated heterocycles. The van der Waals surface area contributed by atoms with E-state index in [0.29, 0.717) is 0 Å². The smallest absolute Gasteiger partial charge is 0.336 e. The number of hydrogen-bond acceptors (Lipinski definition) is 3. The van der Waals surface area contributed by atoms with Gasteiger partial charge in [0.2, 0.25) is 0 Å². The maximum Gasteiger partial charge on any atom is 0.336 e. The molecule has 19 heavy (non-hydrogen) atoms.